The number of carbonyl (C=O) groups excluding carboxylic acids is 1. The van der Waals surface area contributed by atoms with Gasteiger partial charge in [0.2, 0.25) is 0 Å². The summed E-state index contributed by atoms with van der Waals surface area (Å²) in [6.07, 6.45) is -3.90. The summed E-state index contributed by atoms with van der Waals surface area (Å²) in [6.45, 7) is 1.79. The van der Waals surface area contributed by atoms with Gasteiger partial charge in [0, 0.05) is 45.2 Å². The van der Waals surface area contributed by atoms with E-state index < -0.39 is 11.7 Å². The largest absolute Gasteiger partial charge is 0.494 e. The molecule has 0 N–H and O–H groups in total. The number of halogens is 4. The lowest BCUT2D eigenvalue weighted by atomic mass is 9.90. The Bertz CT molecular complexity index is 1390. The molecule has 0 bridgehead atoms. The van der Waals surface area contributed by atoms with E-state index in [1.165, 1.54) is 11.0 Å². The van der Waals surface area contributed by atoms with Crippen molar-refractivity contribution in [3.8, 4) is 5.75 Å². The molecule has 42 heavy (non-hydrogen) atoms. The lowest BCUT2D eigenvalue weighted by molar-refractivity contribution is -0.137. The van der Waals surface area contributed by atoms with Gasteiger partial charge >= 0.3 is 6.18 Å². The Labute approximate surface area is 250 Å². The Morgan fingerprint density at radius 2 is 1.43 bits per heavy atom. The topological polar surface area (TPSA) is 32.8 Å². The predicted octanol–water partition coefficient (Wildman–Crippen LogP) is 8.16. The summed E-state index contributed by atoms with van der Waals surface area (Å²) in [5, 5.41) is -0.269. The monoisotopic (exact) mass is 594 g/mol. The molecule has 0 saturated carbocycles. The zero-order chi connectivity index (χ0) is 30.1. The van der Waals surface area contributed by atoms with E-state index in [0.29, 0.717) is 43.0 Å². The number of hydrogen-bond donors (Lipinski definition) is 0. The number of rotatable bonds is 12. The smallest absolute Gasteiger partial charge is 0.417 e. The standard InChI is InChI=1S/C34H34ClF3N2O2/c1-39(2)33(41)27-17-19-29(20-18-27)42-22-10-21-40(23-28-15-9-16-31(32(28)35)34(36,37)38)24-30(25-11-5-3-6-12-25)26-13-7-4-8-14-26/h3-9,11-20,30H,10,21-24H2,1-2H3. The molecule has 0 aliphatic heterocycles. The normalized spacial score (nSPS) is 11.6. The van der Waals surface area contributed by atoms with E-state index in [1.807, 2.05) is 36.4 Å². The lowest BCUT2D eigenvalue weighted by Gasteiger charge is -2.29. The van der Waals surface area contributed by atoms with Gasteiger partial charge in [0.1, 0.15) is 5.75 Å². The third-order valence-electron chi connectivity index (χ3n) is 7.02. The Kier molecular flexibility index (Phi) is 10.7. The fourth-order valence-corrected chi connectivity index (χ4v) is 5.15. The first-order valence-electron chi connectivity index (χ1n) is 13.7. The number of amides is 1. The molecule has 0 radical (unpaired) electrons. The number of hydrogen-bond acceptors (Lipinski definition) is 3. The summed E-state index contributed by atoms with van der Waals surface area (Å²) in [5.41, 5.74) is 2.40. The van der Waals surface area contributed by atoms with Crippen molar-refractivity contribution in [1.82, 2.24) is 9.80 Å². The fourth-order valence-electron chi connectivity index (χ4n) is 4.86. The molecule has 0 heterocycles. The van der Waals surface area contributed by atoms with Gasteiger partial charge in [-0.2, -0.15) is 13.2 Å². The summed E-state index contributed by atoms with van der Waals surface area (Å²) in [4.78, 5) is 15.8. The highest BCUT2D eigenvalue weighted by molar-refractivity contribution is 6.32. The molecule has 0 fully saturated rings. The second kappa shape index (κ2) is 14.4. The van der Waals surface area contributed by atoms with E-state index in [9.17, 15) is 18.0 Å². The number of carbonyl (C=O) groups is 1. The van der Waals surface area contributed by atoms with Crippen LogP contribution in [0.5, 0.6) is 5.75 Å². The molecule has 220 valence electrons. The average molecular weight is 595 g/mol. The van der Waals surface area contributed by atoms with Gasteiger partial charge in [-0.25, -0.2) is 0 Å². The molecule has 0 aliphatic rings. The first-order chi connectivity index (χ1) is 20.1. The summed E-state index contributed by atoms with van der Waals surface area (Å²) in [7, 11) is 3.40. The van der Waals surface area contributed by atoms with Crippen molar-refractivity contribution in [3.63, 3.8) is 0 Å². The molecule has 4 aromatic rings. The molecule has 4 nitrogen and oxygen atoms in total. The first kappa shape index (κ1) is 31.1. The minimum atomic E-state index is -4.53. The molecule has 4 aromatic carbocycles. The van der Waals surface area contributed by atoms with Gasteiger partial charge in [-0.3, -0.25) is 9.69 Å². The van der Waals surface area contributed by atoms with Crippen LogP contribution >= 0.6 is 11.6 Å². The second-order valence-corrected chi connectivity index (χ2v) is 10.7. The molecule has 0 unspecified atom stereocenters. The summed E-state index contributed by atoms with van der Waals surface area (Å²) >= 11 is 6.31. The zero-order valence-electron chi connectivity index (χ0n) is 23.7. The molecule has 0 aromatic heterocycles. The van der Waals surface area contributed by atoms with E-state index in [-0.39, 0.29) is 23.4 Å². The molecule has 0 spiro atoms. The molecular weight excluding hydrogens is 561 g/mol. The van der Waals surface area contributed by atoms with Crippen LogP contribution in [0.4, 0.5) is 13.2 Å². The Hall–Kier alpha value is -3.81. The highest BCUT2D eigenvalue weighted by Gasteiger charge is 2.34. The highest BCUT2D eigenvalue weighted by atomic mass is 35.5. The minimum absolute atomic E-state index is 0.000305. The maximum atomic E-state index is 13.6. The van der Waals surface area contributed by atoms with E-state index in [1.54, 1.807) is 44.4 Å². The van der Waals surface area contributed by atoms with Crippen molar-refractivity contribution < 1.29 is 22.7 Å². The quantitative estimate of drug-likeness (QED) is 0.155. The Balaban J connectivity index is 1.52. The van der Waals surface area contributed by atoms with Gasteiger partial charge in [-0.05, 0) is 53.4 Å². The van der Waals surface area contributed by atoms with Gasteiger partial charge in [-0.15, -0.1) is 0 Å². The minimum Gasteiger partial charge on any atom is -0.494 e. The summed E-state index contributed by atoms with van der Waals surface area (Å²) in [6, 6.07) is 31.2. The summed E-state index contributed by atoms with van der Waals surface area (Å²) < 4.78 is 46.7. The van der Waals surface area contributed by atoms with Crippen molar-refractivity contribution in [3.05, 3.63) is 136 Å². The third kappa shape index (κ3) is 8.37. The molecule has 8 heteroatoms. The predicted molar refractivity (Wildman–Crippen MR) is 161 cm³/mol. The van der Waals surface area contributed by atoms with Crippen LogP contribution in [-0.2, 0) is 12.7 Å². The van der Waals surface area contributed by atoms with Crippen LogP contribution in [0.25, 0.3) is 0 Å². The number of ether oxygens (including phenoxy) is 1. The zero-order valence-corrected chi connectivity index (χ0v) is 24.4. The van der Waals surface area contributed by atoms with Crippen LogP contribution in [-0.4, -0.2) is 49.5 Å². The molecule has 4 rings (SSSR count). The number of nitrogens with zero attached hydrogens (tertiary/aromatic N) is 2. The molecule has 0 saturated heterocycles. The fraction of sp³-hybridized carbons (Fsp3) is 0.265. The Morgan fingerprint density at radius 1 is 0.833 bits per heavy atom. The summed E-state index contributed by atoms with van der Waals surface area (Å²) in [5.74, 6) is 0.556. The van der Waals surface area contributed by atoms with E-state index in [0.717, 1.165) is 17.2 Å². The van der Waals surface area contributed by atoms with Crippen LogP contribution in [0.2, 0.25) is 5.02 Å². The van der Waals surface area contributed by atoms with E-state index in [2.05, 4.69) is 29.2 Å². The van der Waals surface area contributed by atoms with Gasteiger partial charge in [0.25, 0.3) is 5.91 Å². The molecule has 0 aliphatic carbocycles. The Morgan fingerprint density at radius 3 is 1.98 bits per heavy atom. The van der Waals surface area contributed by atoms with Gasteiger partial charge in [0.15, 0.2) is 0 Å². The van der Waals surface area contributed by atoms with Gasteiger partial charge in [0.05, 0.1) is 17.2 Å². The van der Waals surface area contributed by atoms with Gasteiger partial charge < -0.3 is 9.64 Å². The van der Waals surface area contributed by atoms with Gasteiger partial charge in [-0.1, -0.05) is 84.4 Å². The van der Waals surface area contributed by atoms with Crippen LogP contribution in [0, 0.1) is 0 Å². The van der Waals surface area contributed by atoms with Crippen molar-refractivity contribution in [2.75, 3.05) is 33.8 Å². The van der Waals surface area contributed by atoms with Crippen LogP contribution in [0.1, 0.15) is 45.0 Å². The number of benzene rings is 4. The van der Waals surface area contributed by atoms with Crippen LogP contribution < -0.4 is 4.74 Å². The van der Waals surface area contributed by atoms with E-state index in [4.69, 9.17) is 16.3 Å². The van der Waals surface area contributed by atoms with Crippen LogP contribution in [0.3, 0.4) is 0 Å². The average Bonchev–Trinajstić information content (AvgIpc) is 2.99. The third-order valence-corrected chi connectivity index (χ3v) is 7.46. The first-order valence-corrected chi connectivity index (χ1v) is 14.1. The lowest BCUT2D eigenvalue weighted by Crippen LogP contribution is -2.31. The van der Waals surface area contributed by atoms with Crippen molar-refractivity contribution in [2.24, 2.45) is 0 Å². The maximum absolute atomic E-state index is 13.6. The molecule has 0 atom stereocenters. The van der Waals surface area contributed by atoms with Crippen molar-refractivity contribution >= 4 is 17.5 Å². The second-order valence-electron chi connectivity index (χ2n) is 10.3. The van der Waals surface area contributed by atoms with E-state index >= 15 is 0 Å². The SMILES string of the molecule is CN(C)C(=O)c1ccc(OCCCN(Cc2cccc(C(F)(F)F)c2Cl)CC(c2ccccc2)c2ccccc2)cc1. The highest BCUT2D eigenvalue weighted by Crippen LogP contribution is 2.37. The molecular formula is C34H34ClF3N2O2. The maximum Gasteiger partial charge on any atom is 0.417 e. The number of alkyl halides is 3. The van der Waals surface area contributed by atoms with Crippen LogP contribution in [0.15, 0.2) is 103 Å². The molecule has 1 amide bonds. The van der Waals surface area contributed by atoms with Crippen molar-refractivity contribution in [1.29, 1.82) is 0 Å². The van der Waals surface area contributed by atoms with Crippen molar-refractivity contribution in [2.45, 2.75) is 25.1 Å².